The molecule has 0 saturated carbocycles. The Morgan fingerprint density at radius 2 is 1.92 bits per heavy atom. The second-order valence-electron chi connectivity index (χ2n) is 7.73. The minimum Gasteiger partial charge on any atom is -0.381 e. The standard InChI is InChI=1S/C19H27N3O3/c23-18(17-1-7-24-8-2-17)22-5-3-19(4-6-22)10-15(13-25-19)9-16-11-20-14-21-12-16/h11-12,14-15,17H,1-10,13H2. The van der Waals surface area contributed by atoms with Crippen molar-refractivity contribution in [2.24, 2.45) is 11.8 Å². The van der Waals surface area contributed by atoms with Crippen LogP contribution >= 0.6 is 0 Å². The topological polar surface area (TPSA) is 64.5 Å². The molecule has 4 rings (SSSR count). The maximum absolute atomic E-state index is 12.7. The first kappa shape index (κ1) is 16.9. The molecule has 1 amide bonds. The Morgan fingerprint density at radius 3 is 2.64 bits per heavy atom. The van der Waals surface area contributed by atoms with Crippen molar-refractivity contribution in [3.8, 4) is 0 Å². The van der Waals surface area contributed by atoms with Crippen molar-refractivity contribution in [1.82, 2.24) is 14.9 Å². The number of carbonyl (C=O) groups excluding carboxylic acids is 1. The van der Waals surface area contributed by atoms with Gasteiger partial charge in [-0.2, -0.15) is 0 Å². The Bertz CT molecular complexity index is 581. The van der Waals surface area contributed by atoms with Gasteiger partial charge in [-0.3, -0.25) is 4.79 Å². The van der Waals surface area contributed by atoms with Crippen LogP contribution < -0.4 is 0 Å². The molecule has 0 aliphatic carbocycles. The van der Waals surface area contributed by atoms with Gasteiger partial charge in [0.1, 0.15) is 6.33 Å². The Labute approximate surface area is 148 Å². The molecule has 6 heteroatoms. The van der Waals surface area contributed by atoms with E-state index in [1.807, 2.05) is 12.4 Å². The number of nitrogens with zero attached hydrogens (tertiary/aromatic N) is 3. The van der Waals surface area contributed by atoms with Gasteiger partial charge in [0.15, 0.2) is 0 Å². The number of carbonyl (C=O) groups is 1. The molecule has 0 N–H and O–H groups in total. The molecule has 1 unspecified atom stereocenters. The predicted octanol–water partition coefficient (Wildman–Crippen LogP) is 1.84. The van der Waals surface area contributed by atoms with Gasteiger partial charge in [-0.15, -0.1) is 0 Å². The largest absolute Gasteiger partial charge is 0.381 e. The van der Waals surface area contributed by atoms with E-state index in [2.05, 4.69) is 14.9 Å². The van der Waals surface area contributed by atoms with Crippen LogP contribution in [0.2, 0.25) is 0 Å². The molecule has 4 heterocycles. The molecule has 3 aliphatic heterocycles. The molecule has 1 spiro atoms. The predicted molar refractivity (Wildman–Crippen MR) is 91.9 cm³/mol. The lowest BCUT2D eigenvalue weighted by molar-refractivity contribution is -0.143. The number of likely N-dealkylation sites (tertiary alicyclic amines) is 1. The lowest BCUT2D eigenvalue weighted by Gasteiger charge is -2.40. The highest BCUT2D eigenvalue weighted by Crippen LogP contribution is 2.40. The van der Waals surface area contributed by atoms with Crippen molar-refractivity contribution in [2.75, 3.05) is 32.9 Å². The SMILES string of the molecule is O=C(C1CCOCC1)N1CCC2(CC1)CC(Cc1cncnc1)CO2. The molecule has 1 aromatic heterocycles. The van der Waals surface area contributed by atoms with Crippen molar-refractivity contribution in [1.29, 1.82) is 0 Å². The molecule has 3 saturated heterocycles. The van der Waals surface area contributed by atoms with Gasteiger partial charge in [0.05, 0.1) is 12.2 Å². The summed E-state index contributed by atoms with van der Waals surface area (Å²) in [6, 6.07) is 0. The van der Waals surface area contributed by atoms with Gasteiger partial charge >= 0.3 is 0 Å². The van der Waals surface area contributed by atoms with Gasteiger partial charge in [-0.1, -0.05) is 0 Å². The third-order valence-electron chi connectivity index (χ3n) is 5.98. The summed E-state index contributed by atoms with van der Waals surface area (Å²) in [5.41, 5.74) is 1.16. The lowest BCUT2D eigenvalue weighted by atomic mass is 9.83. The molecule has 136 valence electrons. The monoisotopic (exact) mass is 345 g/mol. The molecule has 0 aromatic carbocycles. The van der Waals surface area contributed by atoms with Crippen molar-refractivity contribution < 1.29 is 14.3 Å². The Hall–Kier alpha value is -1.53. The summed E-state index contributed by atoms with van der Waals surface area (Å²) in [7, 11) is 0. The third kappa shape index (κ3) is 3.85. The van der Waals surface area contributed by atoms with Crippen LogP contribution in [0.4, 0.5) is 0 Å². The fraction of sp³-hybridized carbons (Fsp3) is 0.737. The van der Waals surface area contributed by atoms with Crippen molar-refractivity contribution in [3.63, 3.8) is 0 Å². The molecule has 1 atom stereocenters. The van der Waals surface area contributed by atoms with Gasteiger partial charge in [0, 0.05) is 44.6 Å². The number of ether oxygens (including phenoxy) is 2. The van der Waals surface area contributed by atoms with E-state index in [-0.39, 0.29) is 11.5 Å². The molecule has 3 aliphatic rings. The summed E-state index contributed by atoms with van der Waals surface area (Å²) in [5, 5.41) is 0. The van der Waals surface area contributed by atoms with Gasteiger partial charge in [0.2, 0.25) is 5.91 Å². The van der Waals surface area contributed by atoms with E-state index in [0.29, 0.717) is 11.8 Å². The van der Waals surface area contributed by atoms with Crippen molar-refractivity contribution in [2.45, 2.75) is 44.1 Å². The van der Waals surface area contributed by atoms with Gasteiger partial charge < -0.3 is 14.4 Å². The first-order valence-electron chi connectivity index (χ1n) is 9.48. The summed E-state index contributed by atoms with van der Waals surface area (Å²) in [4.78, 5) is 22.9. The van der Waals surface area contributed by atoms with E-state index in [9.17, 15) is 4.79 Å². The number of piperidine rings is 1. The van der Waals surface area contributed by atoms with E-state index in [4.69, 9.17) is 9.47 Å². The van der Waals surface area contributed by atoms with Gasteiger partial charge in [-0.05, 0) is 50.0 Å². The zero-order valence-corrected chi connectivity index (χ0v) is 14.7. The number of rotatable bonds is 3. The summed E-state index contributed by atoms with van der Waals surface area (Å²) < 4.78 is 11.6. The quantitative estimate of drug-likeness (QED) is 0.836. The number of hydrogen-bond acceptors (Lipinski definition) is 5. The van der Waals surface area contributed by atoms with E-state index < -0.39 is 0 Å². The smallest absolute Gasteiger partial charge is 0.225 e. The maximum atomic E-state index is 12.7. The lowest BCUT2D eigenvalue weighted by Crippen LogP contribution is -2.48. The second-order valence-corrected chi connectivity index (χ2v) is 7.73. The first-order chi connectivity index (χ1) is 12.2. The van der Waals surface area contributed by atoms with Crippen LogP contribution in [0.5, 0.6) is 0 Å². The van der Waals surface area contributed by atoms with Crippen LogP contribution in [0, 0.1) is 11.8 Å². The van der Waals surface area contributed by atoms with E-state index in [0.717, 1.165) is 71.4 Å². The normalized spacial score (nSPS) is 26.9. The molecule has 6 nitrogen and oxygen atoms in total. The third-order valence-corrected chi connectivity index (χ3v) is 5.98. The minimum absolute atomic E-state index is 0.0211. The number of aromatic nitrogens is 2. The van der Waals surface area contributed by atoms with E-state index in [1.54, 1.807) is 6.33 Å². The molecular formula is C19H27N3O3. The zero-order chi connectivity index (χ0) is 17.1. The van der Waals surface area contributed by atoms with E-state index >= 15 is 0 Å². The van der Waals surface area contributed by atoms with Crippen LogP contribution in [0.15, 0.2) is 18.7 Å². The fourth-order valence-corrected chi connectivity index (χ4v) is 4.52. The van der Waals surface area contributed by atoms with Gasteiger partial charge in [0.25, 0.3) is 0 Å². The highest BCUT2D eigenvalue weighted by atomic mass is 16.5. The number of hydrogen-bond donors (Lipinski definition) is 0. The molecule has 25 heavy (non-hydrogen) atoms. The molecule has 3 fully saturated rings. The van der Waals surface area contributed by atoms with Crippen molar-refractivity contribution in [3.05, 3.63) is 24.3 Å². The average Bonchev–Trinajstić information content (AvgIpc) is 3.05. The molecule has 1 aromatic rings. The molecular weight excluding hydrogens is 318 g/mol. The number of amides is 1. The summed E-state index contributed by atoms with van der Waals surface area (Å²) in [6.45, 7) is 3.92. The summed E-state index contributed by atoms with van der Waals surface area (Å²) in [5.74, 6) is 1.02. The highest BCUT2D eigenvalue weighted by Gasteiger charge is 2.43. The molecule has 0 bridgehead atoms. The minimum atomic E-state index is -0.0211. The van der Waals surface area contributed by atoms with Crippen LogP contribution in [0.1, 0.15) is 37.7 Å². The highest BCUT2D eigenvalue weighted by molar-refractivity contribution is 5.79. The van der Waals surface area contributed by atoms with Crippen LogP contribution in [0.3, 0.4) is 0 Å². The first-order valence-corrected chi connectivity index (χ1v) is 9.48. The maximum Gasteiger partial charge on any atom is 0.225 e. The summed E-state index contributed by atoms with van der Waals surface area (Å²) >= 11 is 0. The van der Waals surface area contributed by atoms with E-state index in [1.165, 1.54) is 5.56 Å². The van der Waals surface area contributed by atoms with Crippen LogP contribution in [-0.4, -0.2) is 59.3 Å². The summed E-state index contributed by atoms with van der Waals surface area (Å²) in [6.07, 6.45) is 11.1. The van der Waals surface area contributed by atoms with Crippen LogP contribution in [-0.2, 0) is 20.7 Å². The molecule has 0 radical (unpaired) electrons. The zero-order valence-electron chi connectivity index (χ0n) is 14.7. The van der Waals surface area contributed by atoms with Crippen molar-refractivity contribution >= 4 is 5.91 Å². The fourth-order valence-electron chi connectivity index (χ4n) is 4.52. The Morgan fingerprint density at radius 1 is 1.20 bits per heavy atom. The second kappa shape index (κ2) is 7.38. The average molecular weight is 345 g/mol. The Balaban J connectivity index is 1.29. The van der Waals surface area contributed by atoms with Crippen LogP contribution in [0.25, 0.3) is 0 Å². The van der Waals surface area contributed by atoms with Gasteiger partial charge in [-0.25, -0.2) is 9.97 Å². The Kier molecular flexibility index (Phi) is 4.99.